The molecule has 0 unspecified atom stereocenters. The lowest BCUT2D eigenvalue weighted by Gasteiger charge is -2.02. The highest BCUT2D eigenvalue weighted by Gasteiger charge is 2.14. The Morgan fingerprint density at radius 1 is 1.44 bits per heavy atom. The van der Waals surface area contributed by atoms with Crippen LogP contribution in [0.2, 0.25) is 0 Å². The van der Waals surface area contributed by atoms with Crippen LogP contribution in [0.25, 0.3) is 0 Å². The van der Waals surface area contributed by atoms with E-state index in [9.17, 15) is 10.1 Å². The van der Waals surface area contributed by atoms with Crippen molar-refractivity contribution < 1.29 is 4.92 Å². The van der Waals surface area contributed by atoms with Crippen molar-refractivity contribution in [3.8, 4) is 11.8 Å². The number of nitro groups is 1. The van der Waals surface area contributed by atoms with Gasteiger partial charge in [0.2, 0.25) is 0 Å². The molecule has 0 aromatic heterocycles. The maximum atomic E-state index is 10.9. The Hall–Kier alpha value is -1.53. The van der Waals surface area contributed by atoms with Crippen molar-refractivity contribution in [2.45, 2.75) is 20.3 Å². The van der Waals surface area contributed by atoms with Gasteiger partial charge in [-0.1, -0.05) is 17.9 Å². The minimum Gasteiger partial charge on any atom is -0.258 e. The number of hydrogen-bond acceptors (Lipinski definition) is 2. The van der Waals surface area contributed by atoms with E-state index in [4.69, 9.17) is 11.6 Å². The molecule has 0 aliphatic rings. The fraction of sp³-hybridized carbons (Fsp3) is 0.333. The van der Waals surface area contributed by atoms with E-state index in [1.54, 1.807) is 0 Å². The van der Waals surface area contributed by atoms with Crippen LogP contribution in [0.3, 0.4) is 0 Å². The van der Waals surface area contributed by atoms with E-state index in [1.807, 2.05) is 19.9 Å². The summed E-state index contributed by atoms with van der Waals surface area (Å²) < 4.78 is 0. The van der Waals surface area contributed by atoms with Crippen molar-refractivity contribution in [1.82, 2.24) is 0 Å². The van der Waals surface area contributed by atoms with Gasteiger partial charge < -0.3 is 0 Å². The van der Waals surface area contributed by atoms with Crippen LogP contribution in [0.4, 0.5) is 5.69 Å². The van der Waals surface area contributed by atoms with Gasteiger partial charge in [0.25, 0.3) is 5.69 Å². The summed E-state index contributed by atoms with van der Waals surface area (Å²) in [5.41, 5.74) is 2.25. The zero-order valence-corrected chi connectivity index (χ0v) is 9.97. The van der Waals surface area contributed by atoms with Crippen LogP contribution < -0.4 is 0 Å². The van der Waals surface area contributed by atoms with E-state index in [0.717, 1.165) is 11.1 Å². The molecular weight excluding hydrogens is 226 g/mol. The van der Waals surface area contributed by atoms with Crippen LogP contribution in [0.15, 0.2) is 12.1 Å². The molecule has 0 saturated heterocycles. The first-order valence-electron chi connectivity index (χ1n) is 4.86. The zero-order chi connectivity index (χ0) is 12.1. The molecule has 3 nitrogen and oxygen atoms in total. The zero-order valence-electron chi connectivity index (χ0n) is 9.21. The monoisotopic (exact) mass is 237 g/mol. The van der Waals surface area contributed by atoms with Gasteiger partial charge in [-0.3, -0.25) is 10.1 Å². The second kappa shape index (κ2) is 5.53. The Kier molecular flexibility index (Phi) is 4.33. The Bertz CT molecular complexity index is 472. The largest absolute Gasteiger partial charge is 0.285 e. The number of aryl methyl sites for hydroxylation is 2. The number of rotatable bonds is 2. The van der Waals surface area contributed by atoms with E-state index in [2.05, 4.69) is 11.8 Å². The summed E-state index contributed by atoms with van der Waals surface area (Å²) in [6.45, 7) is 3.65. The van der Waals surface area contributed by atoms with Crippen LogP contribution in [-0.2, 0) is 0 Å². The topological polar surface area (TPSA) is 43.1 Å². The number of alkyl halides is 1. The SMILES string of the molecule is Cc1cc(C)c(C#CCCCl)c([N+](=O)[O-])c1. The molecule has 0 radical (unpaired) electrons. The highest BCUT2D eigenvalue weighted by atomic mass is 35.5. The van der Waals surface area contributed by atoms with E-state index in [-0.39, 0.29) is 5.69 Å². The summed E-state index contributed by atoms with van der Waals surface area (Å²) in [7, 11) is 0. The normalized spacial score (nSPS) is 9.44. The van der Waals surface area contributed by atoms with Crippen molar-refractivity contribution in [3.05, 3.63) is 38.9 Å². The molecule has 0 atom stereocenters. The van der Waals surface area contributed by atoms with Gasteiger partial charge in [-0.15, -0.1) is 11.6 Å². The molecule has 1 aromatic carbocycles. The lowest BCUT2D eigenvalue weighted by atomic mass is 10.0. The van der Waals surface area contributed by atoms with Crippen LogP contribution in [0, 0.1) is 35.8 Å². The Morgan fingerprint density at radius 2 is 2.12 bits per heavy atom. The summed E-state index contributed by atoms with van der Waals surface area (Å²) in [6, 6.07) is 3.43. The molecule has 0 amide bonds. The van der Waals surface area contributed by atoms with Crippen molar-refractivity contribution in [3.63, 3.8) is 0 Å². The van der Waals surface area contributed by atoms with E-state index in [1.165, 1.54) is 6.07 Å². The van der Waals surface area contributed by atoms with Crippen LogP contribution in [0.5, 0.6) is 0 Å². The summed E-state index contributed by atoms with van der Waals surface area (Å²) in [4.78, 5) is 10.5. The molecule has 0 bridgehead atoms. The molecule has 0 fully saturated rings. The van der Waals surface area contributed by atoms with Gasteiger partial charge in [-0.05, 0) is 25.0 Å². The predicted molar refractivity (Wildman–Crippen MR) is 64.8 cm³/mol. The number of nitro benzene ring substituents is 1. The minimum atomic E-state index is -0.398. The van der Waals surface area contributed by atoms with E-state index >= 15 is 0 Å². The fourth-order valence-electron chi connectivity index (χ4n) is 1.45. The highest BCUT2D eigenvalue weighted by Crippen LogP contribution is 2.23. The standard InChI is InChI=1S/C12H12ClNO2/c1-9-7-10(2)11(5-3-4-6-13)12(8-9)14(15)16/h7-8H,4,6H2,1-2H3. The van der Waals surface area contributed by atoms with Gasteiger partial charge in [-0.25, -0.2) is 0 Å². The van der Waals surface area contributed by atoms with Gasteiger partial charge in [0.15, 0.2) is 0 Å². The van der Waals surface area contributed by atoms with Crippen molar-refractivity contribution >= 4 is 17.3 Å². The number of benzene rings is 1. The maximum absolute atomic E-state index is 10.9. The summed E-state index contributed by atoms with van der Waals surface area (Å²) in [6.07, 6.45) is 0.534. The summed E-state index contributed by atoms with van der Waals surface area (Å²) in [5.74, 6) is 6.07. The minimum absolute atomic E-state index is 0.0690. The van der Waals surface area contributed by atoms with Crippen molar-refractivity contribution in [2.24, 2.45) is 0 Å². The predicted octanol–water partition coefficient (Wildman–Crippen LogP) is 3.19. The third-order valence-corrected chi connectivity index (χ3v) is 2.28. The average molecular weight is 238 g/mol. The second-order valence-corrected chi connectivity index (χ2v) is 3.85. The van der Waals surface area contributed by atoms with Crippen LogP contribution in [-0.4, -0.2) is 10.8 Å². The third-order valence-electron chi connectivity index (χ3n) is 2.09. The molecule has 4 heteroatoms. The van der Waals surface area contributed by atoms with E-state index < -0.39 is 4.92 Å². The number of hydrogen-bond donors (Lipinski definition) is 0. The lowest BCUT2D eigenvalue weighted by molar-refractivity contribution is -0.385. The highest BCUT2D eigenvalue weighted by molar-refractivity contribution is 6.18. The molecular formula is C12H12ClNO2. The molecule has 0 spiro atoms. The fourth-order valence-corrected chi connectivity index (χ4v) is 1.54. The molecule has 1 aromatic rings. The molecule has 1 rings (SSSR count). The van der Waals surface area contributed by atoms with Gasteiger partial charge in [0.05, 0.1) is 4.92 Å². The summed E-state index contributed by atoms with van der Waals surface area (Å²) >= 11 is 5.50. The Morgan fingerprint density at radius 3 is 2.69 bits per heavy atom. The Labute approximate surface area is 99.6 Å². The number of nitrogens with zero attached hydrogens (tertiary/aromatic N) is 1. The van der Waals surface area contributed by atoms with Crippen molar-refractivity contribution in [1.29, 1.82) is 0 Å². The quantitative estimate of drug-likeness (QED) is 0.343. The van der Waals surface area contributed by atoms with Gasteiger partial charge >= 0.3 is 0 Å². The molecule has 0 aliphatic heterocycles. The third kappa shape index (κ3) is 2.98. The van der Waals surface area contributed by atoms with Crippen molar-refractivity contribution in [2.75, 3.05) is 5.88 Å². The maximum Gasteiger partial charge on any atom is 0.285 e. The van der Waals surface area contributed by atoms with Gasteiger partial charge in [-0.2, -0.15) is 0 Å². The molecule has 0 N–H and O–H groups in total. The van der Waals surface area contributed by atoms with E-state index in [0.29, 0.717) is 17.9 Å². The first-order valence-corrected chi connectivity index (χ1v) is 5.40. The smallest absolute Gasteiger partial charge is 0.258 e. The molecule has 0 heterocycles. The molecule has 0 aliphatic carbocycles. The number of halogens is 1. The first-order chi connectivity index (χ1) is 7.56. The first kappa shape index (κ1) is 12.5. The van der Waals surface area contributed by atoms with Gasteiger partial charge in [0.1, 0.15) is 5.56 Å². The Balaban J connectivity index is 3.26. The summed E-state index contributed by atoms with van der Waals surface area (Å²) in [5, 5.41) is 10.9. The second-order valence-electron chi connectivity index (χ2n) is 3.47. The van der Waals surface area contributed by atoms with Gasteiger partial charge in [0, 0.05) is 18.4 Å². The van der Waals surface area contributed by atoms with Crippen LogP contribution in [0.1, 0.15) is 23.1 Å². The average Bonchev–Trinajstić information content (AvgIpc) is 2.20. The molecule has 0 saturated carbocycles. The van der Waals surface area contributed by atoms with Crippen LogP contribution >= 0.6 is 11.6 Å². The lowest BCUT2D eigenvalue weighted by Crippen LogP contribution is -1.96. The molecule has 16 heavy (non-hydrogen) atoms. The molecule has 84 valence electrons.